The molecule has 1 saturated heterocycles. The third-order valence-electron chi connectivity index (χ3n) is 3.66. The van der Waals surface area contributed by atoms with E-state index in [2.05, 4.69) is 16.0 Å². The molecule has 6 amide bonds. The van der Waals surface area contributed by atoms with Gasteiger partial charge in [0, 0.05) is 16.6 Å². The van der Waals surface area contributed by atoms with Crippen molar-refractivity contribution in [2.45, 2.75) is 32.4 Å². The van der Waals surface area contributed by atoms with Gasteiger partial charge in [-0.2, -0.15) is 0 Å². The number of urea groups is 2. The second kappa shape index (κ2) is 7.10. The quantitative estimate of drug-likeness (QED) is 0.699. The predicted octanol–water partition coefficient (Wildman–Crippen LogP) is 1.34. The molecule has 1 fully saturated rings. The number of benzene rings is 1. The Morgan fingerprint density at radius 3 is 2.52 bits per heavy atom. The van der Waals surface area contributed by atoms with Crippen LogP contribution in [0.3, 0.4) is 0 Å². The highest BCUT2D eigenvalue weighted by atomic mass is 35.5. The van der Waals surface area contributed by atoms with Gasteiger partial charge in [-0.15, -0.1) is 0 Å². The number of carbonyl (C=O) groups excluding carboxylic acids is 4. The molecule has 9 heteroatoms. The van der Waals surface area contributed by atoms with Crippen LogP contribution in [0, 0.1) is 0 Å². The Labute approximate surface area is 149 Å². The van der Waals surface area contributed by atoms with Gasteiger partial charge in [-0.25, -0.2) is 9.59 Å². The average Bonchev–Trinajstić information content (AvgIpc) is 2.71. The van der Waals surface area contributed by atoms with E-state index in [1.165, 1.54) is 6.92 Å². The fourth-order valence-corrected chi connectivity index (χ4v) is 2.82. The molecule has 8 nitrogen and oxygen atoms in total. The second-order valence-electron chi connectivity index (χ2n) is 6.10. The molecule has 1 aliphatic rings. The van der Waals surface area contributed by atoms with Crippen molar-refractivity contribution in [2.24, 2.45) is 0 Å². The molecule has 0 unspecified atom stereocenters. The molecule has 1 atom stereocenters. The van der Waals surface area contributed by atoms with Crippen LogP contribution in [0.4, 0.5) is 9.59 Å². The first-order chi connectivity index (χ1) is 11.6. The first kappa shape index (κ1) is 18.7. The smallest absolute Gasteiger partial charge is 0.325 e. The van der Waals surface area contributed by atoms with Crippen LogP contribution in [0.25, 0.3) is 0 Å². The number of carbonyl (C=O) groups is 4. The van der Waals surface area contributed by atoms with Crippen molar-refractivity contribution >= 4 is 35.5 Å². The third kappa shape index (κ3) is 3.90. The minimum Gasteiger partial charge on any atom is -0.336 e. The zero-order chi connectivity index (χ0) is 18.8. The van der Waals surface area contributed by atoms with Crippen molar-refractivity contribution in [3.63, 3.8) is 0 Å². The molecule has 0 bridgehead atoms. The first-order valence-corrected chi connectivity index (χ1v) is 8.02. The lowest BCUT2D eigenvalue weighted by Crippen LogP contribution is -2.48. The van der Waals surface area contributed by atoms with Crippen LogP contribution in [-0.4, -0.2) is 41.4 Å². The van der Waals surface area contributed by atoms with Gasteiger partial charge in [-0.3, -0.25) is 19.8 Å². The summed E-state index contributed by atoms with van der Waals surface area (Å²) in [5.74, 6) is -1.39. The molecule has 0 radical (unpaired) electrons. The second-order valence-corrected chi connectivity index (χ2v) is 6.51. The van der Waals surface area contributed by atoms with Gasteiger partial charge in [-0.05, 0) is 26.8 Å². The summed E-state index contributed by atoms with van der Waals surface area (Å²) in [6.45, 7) is 4.40. The van der Waals surface area contributed by atoms with Gasteiger partial charge in [0.2, 0.25) is 5.91 Å². The normalized spacial score (nSPS) is 19.8. The van der Waals surface area contributed by atoms with Crippen molar-refractivity contribution in [3.8, 4) is 0 Å². The van der Waals surface area contributed by atoms with Crippen molar-refractivity contribution in [2.75, 3.05) is 6.54 Å². The molecule has 3 N–H and O–H groups in total. The molecule has 25 heavy (non-hydrogen) atoms. The van der Waals surface area contributed by atoms with Crippen LogP contribution in [0.2, 0.25) is 5.02 Å². The lowest BCUT2D eigenvalue weighted by atomic mass is 9.92. The fourth-order valence-electron chi connectivity index (χ4n) is 2.50. The summed E-state index contributed by atoms with van der Waals surface area (Å²) < 4.78 is 0. The van der Waals surface area contributed by atoms with E-state index >= 15 is 0 Å². The van der Waals surface area contributed by atoms with Crippen LogP contribution in [0.1, 0.15) is 26.3 Å². The van der Waals surface area contributed by atoms with Crippen LogP contribution in [0.15, 0.2) is 24.3 Å². The summed E-state index contributed by atoms with van der Waals surface area (Å²) in [7, 11) is 0. The van der Waals surface area contributed by atoms with E-state index in [9.17, 15) is 19.2 Å². The summed E-state index contributed by atoms with van der Waals surface area (Å²) in [6.07, 6.45) is 0. The molecule has 134 valence electrons. The topological polar surface area (TPSA) is 108 Å². The van der Waals surface area contributed by atoms with Crippen LogP contribution < -0.4 is 16.0 Å². The van der Waals surface area contributed by atoms with E-state index in [-0.39, 0.29) is 6.04 Å². The lowest BCUT2D eigenvalue weighted by molar-refractivity contribution is -0.134. The monoisotopic (exact) mass is 366 g/mol. The minimum atomic E-state index is -1.38. The van der Waals surface area contributed by atoms with Crippen molar-refractivity contribution in [1.82, 2.24) is 20.9 Å². The Morgan fingerprint density at radius 2 is 1.92 bits per heavy atom. The highest BCUT2D eigenvalue weighted by Crippen LogP contribution is 2.33. The van der Waals surface area contributed by atoms with Crippen molar-refractivity contribution in [1.29, 1.82) is 0 Å². The maximum atomic E-state index is 12.7. The van der Waals surface area contributed by atoms with Gasteiger partial charge in [-0.1, -0.05) is 29.8 Å². The van der Waals surface area contributed by atoms with Gasteiger partial charge in [0.25, 0.3) is 5.91 Å². The van der Waals surface area contributed by atoms with E-state index in [1.807, 2.05) is 0 Å². The molecular weight excluding hydrogens is 348 g/mol. The Hall–Kier alpha value is -2.61. The maximum Gasteiger partial charge on any atom is 0.325 e. The number of nitrogens with one attached hydrogen (secondary N) is 3. The number of imide groups is 2. The van der Waals surface area contributed by atoms with Crippen LogP contribution in [-0.2, 0) is 15.1 Å². The average molecular weight is 367 g/mol. The van der Waals surface area contributed by atoms with E-state index in [1.54, 1.807) is 38.1 Å². The first-order valence-electron chi connectivity index (χ1n) is 7.64. The predicted molar refractivity (Wildman–Crippen MR) is 90.9 cm³/mol. The highest BCUT2D eigenvalue weighted by molar-refractivity contribution is 6.32. The summed E-state index contributed by atoms with van der Waals surface area (Å²) >= 11 is 6.12. The van der Waals surface area contributed by atoms with Crippen molar-refractivity contribution in [3.05, 3.63) is 34.9 Å². The van der Waals surface area contributed by atoms with E-state index in [0.29, 0.717) is 10.6 Å². The SMILES string of the molecule is CC(C)NC(=O)NC(=O)CN1C(=O)N[C@](C)(c2ccccc2Cl)C1=O. The molecule has 0 saturated carbocycles. The third-order valence-corrected chi connectivity index (χ3v) is 3.99. The number of hydrogen-bond acceptors (Lipinski definition) is 4. The van der Waals surface area contributed by atoms with Gasteiger partial charge in [0.05, 0.1) is 0 Å². The molecule has 1 heterocycles. The number of halogens is 1. The highest BCUT2D eigenvalue weighted by Gasteiger charge is 2.50. The van der Waals surface area contributed by atoms with Crippen LogP contribution >= 0.6 is 11.6 Å². The molecule has 2 rings (SSSR count). The Balaban J connectivity index is 2.13. The number of rotatable bonds is 4. The zero-order valence-electron chi connectivity index (χ0n) is 14.1. The largest absolute Gasteiger partial charge is 0.336 e. The van der Waals surface area contributed by atoms with E-state index < -0.39 is 36.0 Å². The Kier molecular flexibility index (Phi) is 5.32. The molecule has 1 aromatic carbocycles. The maximum absolute atomic E-state index is 12.7. The van der Waals surface area contributed by atoms with E-state index in [0.717, 1.165) is 4.90 Å². The zero-order valence-corrected chi connectivity index (χ0v) is 14.8. The van der Waals surface area contributed by atoms with Gasteiger partial charge >= 0.3 is 12.1 Å². The Morgan fingerprint density at radius 1 is 1.28 bits per heavy atom. The standard InChI is InChI=1S/C16H19ClN4O4/c1-9(2)18-14(24)19-12(22)8-21-13(23)16(3,20-15(21)25)10-6-4-5-7-11(10)17/h4-7,9H,8H2,1-3H3,(H,20,25)(H2,18,19,22,24)/t16-/m1/s1. The van der Waals surface area contributed by atoms with Crippen LogP contribution in [0.5, 0.6) is 0 Å². The van der Waals surface area contributed by atoms with E-state index in [4.69, 9.17) is 11.6 Å². The summed E-state index contributed by atoms with van der Waals surface area (Å²) in [6, 6.07) is 5.04. The fraction of sp³-hybridized carbons (Fsp3) is 0.375. The summed E-state index contributed by atoms with van der Waals surface area (Å²) in [5.41, 5.74) is -0.953. The van der Waals surface area contributed by atoms with Gasteiger partial charge < -0.3 is 10.6 Å². The lowest BCUT2D eigenvalue weighted by Gasteiger charge is -2.23. The summed E-state index contributed by atoms with van der Waals surface area (Å²) in [5, 5.41) is 7.42. The van der Waals surface area contributed by atoms with Crippen molar-refractivity contribution < 1.29 is 19.2 Å². The Bertz CT molecular complexity index is 737. The summed E-state index contributed by atoms with van der Waals surface area (Å²) in [4.78, 5) is 49.1. The molecule has 0 spiro atoms. The molecule has 1 aromatic rings. The van der Waals surface area contributed by atoms with Gasteiger partial charge in [0.15, 0.2) is 0 Å². The number of hydrogen-bond donors (Lipinski definition) is 3. The molecule has 0 aliphatic carbocycles. The number of amides is 6. The minimum absolute atomic E-state index is 0.159. The molecule has 0 aromatic heterocycles. The van der Waals surface area contributed by atoms with Gasteiger partial charge in [0.1, 0.15) is 12.1 Å². The molecule has 1 aliphatic heterocycles. The number of nitrogens with zero attached hydrogens (tertiary/aromatic N) is 1. The molecular formula is C16H19ClN4O4.